The number of likely N-dealkylation sites (tertiary alicyclic amines) is 1. The lowest BCUT2D eigenvalue weighted by atomic mass is 9.85. The largest absolute Gasteiger partial charge is 0.508 e. The van der Waals surface area contributed by atoms with E-state index in [-0.39, 0.29) is 49.4 Å². The molecule has 12 nitrogen and oxygen atoms in total. The zero-order valence-electron chi connectivity index (χ0n) is 29.2. The number of aliphatic hydroxyl groups excluding tert-OH is 1. The Labute approximate surface area is 287 Å². The molecule has 12 heteroatoms. The average Bonchev–Trinajstić information content (AvgIpc) is 3.09. The van der Waals surface area contributed by atoms with Crippen LogP contribution in [0.3, 0.4) is 0 Å². The van der Waals surface area contributed by atoms with E-state index < -0.39 is 41.5 Å². The van der Waals surface area contributed by atoms with E-state index in [1.807, 2.05) is 12.1 Å². The molecule has 1 unspecified atom stereocenters. The van der Waals surface area contributed by atoms with Crippen LogP contribution in [-0.2, 0) is 35.1 Å². The van der Waals surface area contributed by atoms with Crippen molar-refractivity contribution in [1.82, 2.24) is 4.90 Å². The summed E-state index contributed by atoms with van der Waals surface area (Å²) in [6.45, 7) is 9.85. The Bertz CT molecular complexity index is 1480. The molecule has 2 N–H and O–H groups in total. The van der Waals surface area contributed by atoms with Crippen molar-refractivity contribution in [2.75, 3.05) is 34.0 Å². The third-order valence-corrected chi connectivity index (χ3v) is 8.50. The Morgan fingerprint density at radius 1 is 1.04 bits per heavy atom. The van der Waals surface area contributed by atoms with Gasteiger partial charge in [-0.3, -0.25) is 9.59 Å². The summed E-state index contributed by atoms with van der Waals surface area (Å²) in [4.78, 5) is 52.7. The summed E-state index contributed by atoms with van der Waals surface area (Å²) in [5.74, 6) is -1.20. The summed E-state index contributed by atoms with van der Waals surface area (Å²) in [5.41, 5.74) is 0.146. The quantitative estimate of drug-likeness (QED) is 0.175. The zero-order valence-corrected chi connectivity index (χ0v) is 29.2. The van der Waals surface area contributed by atoms with Crippen molar-refractivity contribution in [3.8, 4) is 23.0 Å². The molecule has 2 aromatic carbocycles. The Morgan fingerprint density at radius 2 is 1.76 bits per heavy atom. The van der Waals surface area contributed by atoms with E-state index in [1.165, 1.54) is 24.1 Å². The summed E-state index contributed by atoms with van der Waals surface area (Å²) in [6, 6.07) is 8.93. The molecule has 1 fully saturated rings. The highest BCUT2D eigenvalue weighted by atomic mass is 16.5. The second-order valence-electron chi connectivity index (χ2n) is 13.1. The van der Waals surface area contributed by atoms with Crippen molar-refractivity contribution < 1.29 is 53.1 Å². The summed E-state index contributed by atoms with van der Waals surface area (Å²) >= 11 is 0. The molecule has 1 heterocycles. The third kappa shape index (κ3) is 10.7. The predicted octanol–water partition coefficient (Wildman–Crippen LogP) is 4.73. The van der Waals surface area contributed by atoms with Crippen molar-refractivity contribution in [1.29, 1.82) is 0 Å². The lowest BCUT2D eigenvalue weighted by Gasteiger charge is -2.39. The molecule has 2 aromatic rings. The maximum atomic E-state index is 13.9. The average molecular weight is 684 g/mol. The number of phenolic OH excluding ortho intramolecular Hbond substituents is 1. The first-order chi connectivity index (χ1) is 23.2. The first kappa shape index (κ1) is 38.9. The van der Waals surface area contributed by atoms with Gasteiger partial charge >= 0.3 is 11.9 Å². The molecule has 0 aromatic heterocycles. The molecule has 0 spiro atoms. The first-order valence-electron chi connectivity index (χ1n) is 16.4. The molecule has 1 saturated heterocycles. The number of methoxy groups -OCH3 is 2. The number of carbonyl (C=O) groups excluding carboxylic acids is 4. The van der Waals surface area contributed by atoms with Crippen LogP contribution in [0.2, 0.25) is 0 Å². The first-order valence-corrected chi connectivity index (χ1v) is 16.4. The number of nitrogens with zero attached hydrogens (tertiary/aromatic N) is 1. The molecular formula is C37H49NO11. The minimum atomic E-state index is -1.57. The van der Waals surface area contributed by atoms with E-state index in [2.05, 4.69) is 6.58 Å². The molecular weight excluding hydrogens is 634 g/mol. The molecule has 1 amide bonds. The van der Waals surface area contributed by atoms with Crippen LogP contribution in [0, 0.1) is 11.3 Å². The number of piperidine rings is 1. The van der Waals surface area contributed by atoms with Crippen LogP contribution in [0.1, 0.15) is 70.6 Å². The van der Waals surface area contributed by atoms with Gasteiger partial charge in [0.2, 0.25) is 0 Å². The van der Waals surface area contributed by atoms with Crippen molar-refractivity contribution in [2.45, 2.75) is 78.0 Å². The summed E-state index contributed by atoms with van der Waals surface area (Å²) in [6.07, 6.45) is 0.837. The van der Waals surface area contributed by atoms with E-state index in [0.717, 1.165) is 11.6 Å². The third-order valence-electron chi connectivity index (χ3n) is 8.50. The molecule has 0 radical (unpaired) electrons. The van der Waals surface area contributed by atoms with E-state index >= 15 is 0 Å². The van der Waals surface area contributed by atoms with E-state index in [9.17, 15) is 29.4 Å². The second kappa shape index (κ2) is 17.7. The molecule has 1 aliphatic rings. The van der Waals surface area contributed by atoms with Gasteiger partial charge in [0.05, 0.1) is 20.8 Å². The number of hydrogen-bond donors (Lipinski definition) is 2. The molecule has 49 heavy (non-hydrogen) atoms. The SMILES string of the molecule is C=CC(=O)OCC(C)(C)C(O)C(=O)N1CCCC[C@H]1C(=O)O[C@H](CCc1ccc(OC)c(OC)c1)c1cc(O)cc(OCC(=O)C(C)C)c1. The van der Waals surface area contributed by atoms with Crippen LogP contribution in [0.4, 0.5) is 0 Å². The Hall–Kier alpha value is -4.58. The van der Waals surface area contributed by atoms with Gasteiger partial charge in [0, 0.05) is 30.0 Å². The molecule has 0 aliphatic carbocycles. The molecule has 1 aliphatic heterocycles. The summed E-state index contributed by atoms with van der Waals surface area (Å²) < 4.78 is 27.7. The highest BCUT2D eigenvalue weighted by Crippen LogP contribution is 2.34. The Morgan fingerprint density at radius 3 is 2.41 bits per heavy atom. The number of amides is 1. The van der Waals surface area contributed by atoms with E-state index in [0.29, 0.717) is 42.7 Å². The minimum absolute atomic E-state index is 0.118. The molecule has 0 bridgehead atoms. The van der Waals surface area contributed by atoms with Gasteiger partial charge in [-0.2, -0.15) is 0 Å². The normalized spacial score (nSPS) is 15.9. The van der Waals surface area contributed by atoms with Crippen LogP contribution in [0.25, 0.3) is 0 Å². The molecule has 3 atom stereocenters. The summed E-state index contributed by atoms with van der Waals surface area (Å²) in [7, 11) is 3.08. The minimum Gasteiger partial charge on any atom is -0.508 e. The lowest BCUT2D eigenvalue weighted by Crippen LogP contribution is -2.55. The smallest absolute Gasteiger partial charge is 0.330 e. The summed E-state index contributed by atoms with van der Waals surface area (Å²) in [5, 5.41) is 21.7. The van der Waals surface area contributed by atoms with Crippen LogP contribution in [0.15, 0.2) is 49.1 Å². The van der Waals surface area contributed by atoms with Gasteiger partial charge < -0.3 is 38.8 Å². The Balaban J connectivity index is 1.89. The number of Topliss-reactive ketones (excluding diaryl/α,β-unsaturated/α-hetero) is 1. The van der Waals surface area contributed by atoms with Gasteiger partial charge in [-0.25, -0.2) is 9.59 Å². The van der Waals surface area contributed by atoms with Crippen LogP contribution in [-0.4, -0.2) is 84.9 Å². The second-order valence-corrected chi connectivity index (χ2v) is 13.1. The fourth-order valence-corrected chi connectivity index (χ4v) is 5.37. The fourth-order valence-electron chi connectivity index (χ4n) is 5.37. The number of hydrogen-bond acceptors (Lipinski definition) is 11. The van der Waals surface area contributed by atoms with Gasteiger partial charge in [-0.05, 0) is 67.5 Å². The van der Waals surface area contributed by atoms with Crippen molar-refractivity contribution in [2.24, 2.45) is 11.3 Å². The van der Waals surface area contributed by atoms with E-state index in [4.69, 9.17) is 23.7 Å². The Kier molecular flexibility index (Phi) is 14.0. The van der Waals surface area contributed by atoms with Gasteiger partial charge in [-0.15, -0.1) is 0 Å². The number of aryl methyl sites for hydroxylation is 1. The molecule has 268 valence electrons. The highest BCUT2D eigenvalue weighted by molar-refractivity contribution is 5.88. The van der Waals surface area contributed by atoms with Gasteiger partial charge in [0.15, 0.2) is 17.3 Å². The van der Waals surface area contributed by atoms with Crippen molar-refractivity contribution in [3.05, 3.63) is 60.2 Å². The number of rotatable bonds is 17. The topological polar surface area (TPSA) is 158 Å². The zero-order chi connectivity index (χ0) is 36.3. The standard InChI is InChI=1S/C37H49NO11/c1-8-33(41)48-22-37(4,5)34(42)35(43)38-16-10-9-11-28(38)36(44)49-30(14-12-24-13-15-31(45-6)32(17-24)46-7)25-18-26(39)20-27(19-25)47-21-29(40)23(2)3/h8,13,15,17-20,23,28,30,34,39,42H,1,9-12,14,16,21-22H2,2-7H3/t28-,30+,34?/m0/s1. The van der Waals surface area contributed by atoms with Gasteiger partial charge in [0.25, 0.3) is 5.91 Å². The number of esters is 2. The number of phenols is 1. The number of ether oxygens (including phenoxy) is 5. The van der Waals surface area contributed by atoms with Crippen LogP contribution >= 0.6 is 0 Å². The number of benzene rings is 2. The predicted molar refractivity (Wildman–Crippen MR) is 180 cm³/mol. The monoisotopic (exact) mass is 683 g/mol. The van der Waals surface area contributed by atoms with Crippen LogP contribution in [0.5, 0.6) is 23.0 Å². The van der Waals surface area contributed by atoms with Gasteiger partial charge in [-0.1, -0.05) is 40.3 Å². The fraction of sp³-hybridized carbons (Fsp3) is 0.514. The lowest BCUT2D eigenvalue weighted by molar-refractivity contribution is -0.168. The maximum absolute atomic E-state index is 13.9. The number of aromatic hydroxyl groups is 1. The van der Waals surface area contributed by atoms with Crippen molar-refractivity contribution in [3.63, 3.8) is 0 Å². The number of carbonyl (C=O) groups is 4. The van der Waals surface area contributed by atoms with Crippen LogP contribution < -0.4 is 14.2 Å². The molecule has 0 saturated carbocycles. The number of aliphatic hydroxyl groups is 1. The maximum Gasteiger partial charge on any atom is 0.330 e. The highest BCUT2D eigenvalue weighted by Gasteiger charge is 2.42. The molecule has 3 rings (SSSR count). The van der Waals surface area contributed by atoms with E-state index in [1.54, 1.807) is 46.9 Å². The van der Waals surface area contributed by atoms with Crippen molar-refractivity contribution >= 4 is 23.6 Å². The van der Waals surface area contributed by atoms with Gasteiger partial charge in [0.1, 0.15) is 36.4 Å². The number of ketones is 1.